The van der Waals surface area contributed by atoms with E-state index < -0.39 is 17.9 Å². The number of nitrogens with zero attached hydrogens (tertiary/aromatic N) is 1. The lowest BCUT2D eigenvalue weighted by atomic mass is 10.1. The minimum absolute atomic E-state index is 0.0151. The molecule has 0 radical (unpaired) electrons. The SMILES string of the molecule is CC(=O)N[C@H](COCc1ccccc1)C(=O)Nc1ccc(NC(=O)/C(C#N)=C/c2ccc(O)cc2)cc1. The number of phenolic OH excluding ortho intramolecular Hbond substituents is 1. The number of carbonyl (C=O) groups is 3. The van der Waals surface area contributed by atoms with E-state index >= 15 is 0 Å². The molecule has 9 heteroatoms. The first-order valence-corrected chi connectivity index (χ1v) is 11.4. The summed E-state index contributed by atoms with van der Waals surface area (Å²) in [5.74, 6) is -1.34. The van der Waals surface area contributed by atoms with Gasteiger partial charge >= 0.3 is 0 Å². The van der Waals surface area contributed by atoms with Gasteiger partial charge in [0.05, 0.1) is 13.2 Å². The van der Waals surface area contributed by atoms with E-state index in [4.69, 9.17) is 4.74 Å². The van der Waals surface area contributed by atoms with Crippen LogP contribution in [0.25, 0.3) is 6.08 Å². The van der Waals surface area contributed by atoms with E-state index in [9.17, 15) is 24.8 Å². The van der Waals surface area contributed by atoms with Crippen molar-refractivity contribution in [3.05, 3.63) is 95.6 Å². The molecule has 188 valence electrons. The number of aromatic hydroxyl groups is 1. The Bertz CT molecular complexity index is 1300. The number of hydrogen-bond donors (Lipinski definition) is 4. The first-order chi connectivity index (χ1) is 17.8. The number of hydrogen-bond acceptors (Lipinski definition) is 6. The van der Waals surface area contributed by atoms with Crippen molar-refractivity contribution in [3.8, 4) is 11.8 Å². The monoisotopic (exact) mass is 498 g/mol. The topological polar surface area (TPSA) is 141 Å². The molecule has 0 unspecified atom stereocenters. The molecule has 3 rings (SSSR count). The minimum Gasteiger partial charge on any atom is -0.508 e. The summed E-state index contributed by atoms with van der Waals surface area (Å²) in [7, 11) is 0. The number of phenols is 1. The smallest absolute Gasteiger partial charge is 0.266 e. The largest absolute Gasteiger partial charge is 0.508 e. The molecule has 4 N–H and O–H groups in total. The van der Waals surface area contributed by atoms with E-state index in [1.54, 1.807) is 36.4 Å². The molecule has 3 amide bonds. The molecule has 0 aliphatic carbocycles. The van der Waals surface area contributed by atoms with E-state index in [0.29, 0.717) is 23.5 Å². The highest BCUT2D eigenvalue weighted by Gasteiger charge is 2.20. The molecule has 0 bridgehead atoms. The zero-order valence-electron chi connectivity index (χ0n) is 20.1. The molecule has 0 aliphatic rings. The number of amides is 3. The molecule has 0 aliphatic heterocycles. The number of anilines is 2. The molecule has 0 saturated heterocycles. The molecule has 0 aromatic heterocycles. The fraction of sp³-hybridized carbons (Fsp3) is 0.143. The Morgan fingerprint density at radius 2 is 1.57 bits per heavy atom. The van der Waals surface area contributed by atoms with Gasteiger partial charge in [0, 0.05) is 18.3 Å². The number of benzene rings is 3. The van der Waals surface area contributed by atoms with Crippen LogP contribution in [0.2, 0.25) is 0 Å². The van der Waals surface area contributed by atoms with E-state index in [1.807, 2.05) is 36.4 Å². The molecule has 0 spiro atoms. The quantitative estimate of drug-likeness (QED) is 0.249. The van der Waals surface area contributed by atoms with Gasteiger partial charge < -0.3 is 25.8 Å². The zero-order chi connectivity index (χ0) is 26.6. The number of nitriles is 1. The Labute approximate surface area is 214 Å². The van der Waals surface area contributed by atoms with E-state index in [2.05, 4.69) is 16.0 Å². The zero-order valence-corrected chi connectivity index (χ0v) is 20.1. The summed E-state index contributed by atoms with van der Waals surface area (Å²) in [4.78, 5) is 36.8. The van der Waals surface area contributed by atoms with Crippen LogP contribution >= 0.6 is 0 Å². The summed E-state index contributed by atoms with van der Waals surface area (Å²) in [5, 5.41) is 26.6. The third-order valence-electron chi connectivity index (χ3n) is 5.07. The Hall–Kier alpha value is -4.94. The molecule has 1 atom stereocenters. The first-order valence-electron chi connectivity index (χ1n) is 11.4. The van der Waals surface area contributed by atoms with Gasteiger partial charge in [0.25, 0.3) is 5.91 Å². The standard InChI is InChI=1S/C28H26N4O5/c1-19(33)30-26(18-37-17-21-5-3-2-4-6-21)28(36)32-24-11-9-23(10-12-24)31-27(35)22(16-29)15-20-7-13-25(34)14-8-20/h2-15,26,34H,17-18H2,1H3,(H,30,33)(H,31,35)(H,32,36)/b22-15+/t26-/m1/s1. The van der Waals surface area contributed by atoms with Gasteiger partial charge in [-0.25, -0.2) is 0 Å². The van der Waals surface area contributed by atoms with Crippen molar-refractivity contribution in [3.63, 3.8) is 0 Å². The van der Waals surface area contributed by atoms with Crippen LogP contribution in [0.3, 0.4) is 0 Å². The number of nitrogens with one attached hydrogen (secondary N) is 3. The second kappa shape index (κ2) is 13.2. The molecule has 37 heavy (non-hydrogen) atoms. The molecular weight excluding hydrogens is 472 g/mol. The fourth-order valence-corrected chi connectivity index (χ4v) is 3.25. The van der Waals surface area contributed by atoms with Crippen LogP contribution in [0.4, 0.5) is 11.4 Å². The summed E-state index contributed by atoms with van der Waals surface area (Å²) >= 11 is 0. The van der Waals surface area contributed by atoms with Gasteiger partial charge in [0.1, 0.15) is 23.4 Å². The molecule has 9 nitrogen and oxygen atoms in total. The van der Waals surface area contributed by atoms with Crippen molar-refractivity contribution in [1.82, 2.24) is 5.32 Å². The lowest BCUT2D eigenvalue weighted by Gasteiger charge is -2.18. The second-order valence-electron chi connectivity index (χ2n) is 8.04. The van der Waals surface area contributed by atoms with Gasteiger partial charge in [-0.15, -0.1) is 0 Å². The predicted octanol–water partition coefficient (Wildman–Crippen LogP) is 3.60. The number of carbonyl (C=O) groups excluding carboxylic acids is 3. The maximum Gasteiger partial charge on any atom is 0.266 e. The highest BCUT2D eigenvalue weighted by Crippen LogP contribution is 2.17. The van der Waals surface area contributed by atoms with Gasteiger partial charge in [-0.1, -0.05) is 42.5 Å². The highest BCUT2D eigenvalue weighted by molar-refractivity contribution is 6.09. The van der Waals surface area contributed by atoms with Gasteiger partial charge in [-0.3, -0.25) is 14.4 Å². The van der Waals surface area contributed by atoms with E-state index in [0.717, 1.165) is 5.56 Å². The van der Waals surface area contributed by atoms with Crippen molar-refractivity contribution in [1.29, 1.82) is 5.26 Å². The van der Waals surface area contributed by atoms with Crippen LogP contribution < -0.4 is 16.0 Å². The van der Waals surface area contributed by atoms with Gasteiger partial charge in [-0.2, -0.15) is 5.26 Å². The van der Waals surface area contributed by atoms with Crippen LogP contribution in [-0.2, 0) is 25.7 Å². The molecule has 3 aromatic carbocycles. The maximum absolute atomic E-state index is 12.7. The molecule has 0 fully saturated rings. The van der Waals surface area contributed by atoms with Crippen LogP contribution in [0, 0.1) is 11.3 Å². The predicted molar refractivity (Wildman–Crippen MR) is 139 cm³/mol. The first kappa shape index (κ1) is 26.7. The van der Waals surface area contributed by atoms with Crippen LogP contribution in [0.15, 0.2) is 84.4 Å². The van der Waals surface area contributed by atoms with Crippen molar-refractivity contribution >= 4 is 35.2 Å². The molecular formula is C28H26N4O5. The van der Waals surface area contributed by atoms with E-state index in [-0.39, 0.29) is 23.8 Å². The van der Waals surface area contributed by atoms with Crippen molar-refractivity contribution in [2.24, 2.45) is 0 Å². The third-order valence-corrected chi connectivity index (χ3v) is 5.07. The maximum atomic E-state index is 12.7. The van der Waals surface area contributed by atoms with Crippen LogP contribution in [0.1, 0.15) is 18.1 Å². The molecule has 3 aromatic rings. The Morgan fingerprint density at radius 3 is 2.16 bits per heavy atom. The molecule has 0 saturated carbocycles. The summed E-state index contributed by atoms with van der Waals surface area (Å²) in [5.41, 5.74) is 2.28. The third kappa shape index (κ3) is 8.65. The number of rotatable bonds is 10. The normalized spacial score (nSPS) is 11.6. The summed E-state index contributed by atoms with van der Waals surface area (Å²) < 4.78 is 5.62. The average molecular weight is 499 g/mol. The Balaban J connectivity index is 1.58. The lowest BCUT2D eigenvalue weighted by molar-refractivity contribution is -0.126. The van der Waals surface area contributed by atoms with Gasteiger partial charge in [0.2, 0.25) is 11.8 Å². The lowest BCUT2D eigenvalue weighted by Crippen LogP contribution is -2.46. The van der Waals surface area contributed by atoms with Crippen molar-refractivity contribution < 1.29 is 24.2 Å². The summed E-state index contributed by atoms with van der Waals surface area (Å²) in [6.07, 6.45) is 1.41. The summed E-state index contributed by atoms with van der Waals surface area (Å²) in [6.45, 7) is 1.60. The second-order valence-corrected chi connectivity index (χ2v) is 8.04. The average Bonchev–Trinajstić information content (AvgIpc) is 2.89. The number of ether oxygens (including phenoxy) is 1. The van der Waals surface area contributed by atoms with Gasteiger partial charge in [-0.05, 0) is 53.6 Å². The fourth-order valence-electron chi connectivity index (χ4n) is 3.25. The Morgan fingerprint density at radius 1 is 0.946 bits per heavy atom. The Kier molecular flexibility index (Phi) is 9.53. The van der Waals surface area contributed by atoms with Crippen LogP contribution in [-0.4, -0.2) is 35.5 Å². The van der Waals surface area contributed by atoms with Gasteiger partial charge in [0.15, 0.2) is 0 Å². The van der Waals surface area contributed by atoms with Crippen LogP contribution in [0.5, 0.6) is 5.75 Å². The minimum atomic E-state index is -0.899. The highest BCUT2D eigenvalue weighted by atomic mass is 16.5. The van der Waals surface area contributed by atoms with E-state index in [1.165, 1.54) is 25.1 Å². The molecule has 0 heterocycles. The van der Waals surface area contributed by atoms with Crippen molar-refractivity contribution in [2.75, 3.05) is 17.2 Å². The van der Waals surface area contributed by atoms with Crippen molar-refractivity contribution in [2.45, 2.75) is 19.6 Å². The summed E-state index contributed by atoms with van der Waals surface area (Å²) in [6, 6.07) is 22.8.